The van der Waals surface area contributed by atoms with E-state index in [9.17, 15) is 14.9 Å². The average molecular weight is 323 g/mol. The first-order valence-electron chi connectivity index (χ1n) is 7.76. The molecule has 0 saturated carbocycles. The van der Waals surface area contributed by atoms with Crippen molar-refractivity contribution in [1.82, 2.24) is 4.90 Å². The summed E-state index contributed by atoms with van der Waals surface area (Å²) in [5, 5.41) is 9.30. The lowest BCUT2D eigenvalue weighted by atomic mass is 9.93. The van der Waals surface area contributed by atoms with Gasteiger partial charge in [0.25, 0.3) is 11.8 Å². The van der Waals surface area contributed by atoms with E-state index in [1.165, 1.54) is 0 Å². The average Bonchev–Trinajstić information content (AvgIpc) is 2.52. The fourth-order valence-corrected chi connectivity index (χ4v) is 2.60. The Labute approximate surface area is 142 Å². The van der Waals surface area contributed by atoms with Gasteiger partial charge in [0.05, 0.1) is 0 Å². The van der Waals surface area contributed by atoms with Crippen LogP contribution < -0.4 is 4.90 Å². The van der Waals surface area contributed by atoms with Crippen LogP contribution in [0.4, 0.5) is 5.69 Å². The van der Waals surface area contributed by atoms with Gasteiger partial charge >= 0.3 is 0 Å². The topological polar surface area (TPSA) is 64.4 Å². The number of carbonyl (C=O) groups excluding carboxylic acids is 2. The number of anilines is 1. The molecule has 0 aromatic heterocycles. The van der Waals surface area contributed by atoms with E-state index in [0.29, 0.717) is 11.1 Å². The van der Waals surface area contributed by atoms with Gasteiger partial charge in [-0.25, -0.2) is 0 Å². The van der Waals surface area contributed by atoms with Gasteiger partial charge in [-0.15, -0.1) is 0 Å². The SMILES string of the molecule is CC1=C(C#N)C(=O)N(C(C)C)C(=O)/C1=C/c1ccc(N(C)C)cc1. The molecule has 24 heavy (non-hydrogen) atoms. The molecule has 5 nitrogen and oxygen atoms in total. The Morgan fingerprint density at radius 1 is 1.12 bits per heavy atom. The second-order valence-corrected chi connectivity index (χ2v) is 6.23. The third-order valence-corrected chi connectivity index (χ3v) is 4.01. The van der Waals surface area contributed by atoms with Gasteiger partial charge in [0.15, 0.2) is 0 Å². The van der Waals surface area contributed by atoms with Crippen LogP contribution in [-0.4, -0.2) is 36.9 Å². The molecule has 0 fully saturated rings. The van der Waals surface area contributed by atoms with Gasteiger partial charge in [-0.05, 0) is 50.1 Å². The molecule has 1 aromatic carbocycles. The number of rotatable bonds is 3. The zero-order valence-corrected chi connectivity index (χ0v) is 14.6. The van der Waals surface area contributed by atoms with Crippen LogP contribution in [0.3, 0.4) is 0 Å². The molecule has 0 aliphatic carbocycles. The highest BCUT2D eigenvalue weighted by atomic mass is 16.2. The maximum atomic E-state index is 12.7. The normalized spacial score (nSPS) is 16.9. The lowest BCUT2D eigenvalue weighted by Crippen LogP contribution is -2.46. The highest BCUT2D eigenvalue weighted by Crippen LogP contribution is 2.28. The Balaban J connectivity index is 2.54. The van der Waals surface area contributed by atoms with Gasteiger partial charge in [-0.3, -0.25) is 14.5 Å². The van der Waals surface area contributed by atoms with Crippen LogP contribution in [0.1, 0.15) is 26.3 Å². The number of hydrogen-bond acceptors (Lipinski definition) is 4. The smallest absolute Gasteiger partial charge is 0.271 e. The lowest BCUT2D eigenvalue weighted by Gasteiger charge is -2.30. The molecule has 0 spiro atoms. The zero-order chi connectivity index (χ0) is 18.0. The lowest BCUT2D eigenvalue weighted by molar-refractivity contribution is -0.142. The summed E-state index contributed by atoms with van der Waals surface area (Å²) in [6.45, 7) is 5.16. The summed E-state index contributed by atoms with van der Waals surface area (Å²) in [5.74, 6) is -0.877. The molecule has 0 atom stereocenters. The predicted molar refractivity (Wildman–Crippen MR) is 94.0 cm³/mol. The second-order valence-electron chi connectivity index (χ2n) is 6.23. The standard InChI is InChI=1S/C19H21N3O2/c1-12(2)22-18(23)16(13(3)17(11-20)19(22)24)10-14-6-8-15(9-7-14)21(4)5/h6-10,12H,1-5H3/b16-10+. The van der Waals surface area contributed by atoms with Crippen LogP contribution in [0, 0.1) is 11.3 Å². The van der Waals surface area contributed by atoms with E-state index in [4.69, 9.17) is 0 Å². The summed E-state index contributed by atoms with van der Waals surface area (Å²) in [6.07, 6.45) is 1.73. The molecule has 0 bridgehead atoms. The maximum Gasteiger partial charge on any atom is 0.271 e. The highest BCUT2D eigenvalue weighted by molar-refractivity contribution is 6.19. The summed E-state index contributed by atoms with van der Waals surface area (Å²) in [4.78, 5) is 28.2. The summed E-state index contributed by atoms with van der Waals surface area (Å²) >= 11 is 0. The van der Waals surface area contributed by atoms with Crippen molar-refractivity contribution < 1.29 is 9.59 Å². The zero-order valence-electron chi connectivity index (χ0n) is 14.6. The van der Waals surface area contributed by atoms with E-state index in [-0.39, 0.29) is 17.5 Å². The first-order valence-corrected chi connectivity index (χ1v) is 7.76. The van der Waals surface area contributed by atoms with Crippen molar-refractivity contribution in [2.45, 2.75) is 26.8 Å². The Kier molecular flexibility index (Phi) is 4.89. The van der Waals surface area contributed by atoms with Crippen LogP contribution in [0.15, 0.2) is 41.0 Å². The number of benzene rings is 1. The van der Waals surface area contributed by atoms with E-state index < -0.39 is 5.91 Å². The molecule has 1 heterocycles. The van der Waals surface area contributed by atoms with Gasteiger partial charge in [0.1, 0.15) is 11.6 Å². The Bertz CT molecular complexity index is 778. The second kappa shape index (κ2) is 6.71. The molecule has 0 saturated heterocycles. The van der Waals surface area contributed by atoms with E-state index in [0.717, 1.165) is 16.2 Å². The van der Waals surface area contributed by atoms with Crippen molar-refractivity contribution in [1.29, 1.82) is 5.26 Å². The fraction of sp³-hybridized carbons (Fsp3) is 0.316. The number of hydrogen-bond donors (Lipinski definition) is 0. The van der Waals surface area contributed by atoms with E-state index in [1.807, 2.05) is 49.3 Å². The summed E-state index contributed by atoms with van der Waals surface area (Å²) in [5.41, 5.74) is 2.74. The Morgan fingerprint density at radius 3 is 2.17 bits per heavy atom. The number of nitrogens with zero attached hydrogens (tertiary/aromatic N) is 3. The summed E-state index contributed by atoms with van der Waals surface area (Å²) < 4.78 is 0. The van der Waals surface area contributed by atoms with E-state index in [1.54, 1.807) is 26.8 Å². The van der Waals surface area contributed by atoms with Crippen molar-refractivity contribution in [3.8, 4) is 6.07 Å². The number of carbonyl (C=O) groups is 2. The summed E-state index contributed by atoms with van der Waals surface area (Å²) in [6, 6.07) is 9.36. The van der Waals surface area contributed by atoms with Crippen LogP contribution in [0.5, 0.6) is 0 Å². The van der Waals surface area contributed by atoms with Crippen LogP contribution in [0.2, 0.25) is 0 Å². The molecule has 0 unspecified atom stereocenters. The minimum Gasteiger partial charge on any atom is -0.378 e. The quantitative estimate of drug-likeness (QED) is 0.634. The largest absolute Gasteiger partial charge is 0.378 e. The molecule has 1 aromatic rings. The van der Waals surface area contributed by atoms with Crippen LogP contribution in [0.25, 0.3) is 6.08 Å². The molecule has 1 aliphatic heterocycles. The fourth-order valence-electron chi connectivity index (χ4n) is 2.60. The van der Waals surface area contributed by atoms with Gasteiger partial charge in [-0.1, -0.05) is 12.1 Å². The van der Waals surface area contributed by atoms with Gasteiger partial charge in [0, 0.05) is 31.4 Å². The maximum absolute atomic E-state index is 12.7. The van der Waals surface area contributed by atoms with Crippen molar-refractivity contribution in [2.75, 3.05) is 19.0 Å². The molecule has 5 heteroatoms. The molecule has 0 radical (unpaired) electrons. The number of amides is 2. The number of nitriles is 1. The minimum atomic E-state index is -0.518. The van der Waals surface area contributed by atoms with Crippen molar-refractivity contribution in [3.05, 3.63) is 46.5 Å². The highest BCUT2D eigenvalue weighted by Gasteiger charge is 2.36. The Morgan fingerprint density at radius 2 is 1.71 bits per heavy atom. The minimum absolute atomic E-state index is 0.0273. The molecule has 1 aliphatic rings. The van der Waals surface area contributed by atoms with Crippen molar-refractivity contribution in [3.63, 3.8) is 0 Å². The molecule has 2 rings (SSSR count). The molecule has 0 N–H and O–H groups in total. The predicted octanol–water partition coefficient (Wildman–Crippen LogP) is 2.75. The van der Waals surface area contributed by atoms with Crippen molar-refractivity contribution in [2.24, 2.45) is 0 Å². The van der Waals surface area contributed by atoms with Gasteiger partial charge in [0.2, 0.25) is 0 Å². The number of imide groups is 1. The van der Waals surface area contributed by atoms with Gasteiger partial charge in [-0.2, -0.15) is 5.26 Å². The monoisotopic (exact) mass is 323 g/mol. The van der Waals surface area contributed by atoms with E-state index in [2.05, 4.69) is 0 Å². The van der Waals surface area contributed by atoms with Crippen molar-refractivity contribution >= 4 is 23.6 Å². The van der Waals surface area contributed by atoms with Crippen LogP contribution in [-0.2, 0) is 9.59 Å². The third kappa shape index (κ3) is 3.09. The molecular formula is C19H21N3O2. The third-order valence-electron chi connectivity index (χ3n) is 4.01. The van der Waals surface area contributed by atoms with Crippen LogP contribution >= 0.6 is 0 Å². The first kappa shape index (κ1) is 17.5. The molecule has 124 valence electrons. The Hall–Kier alpha value is -2.87. The summed E-state index contributed by atoms with van der Waals surface area (Å²) in [7, 11) is 3.91. The van der Waals surface area contributed by atoms with Gasteiger partial charge < -0.3 is 4.90 Å². The van der Waals surface area contributed by atoms with E-state index >= 15 is 0 Å². The molecule has 2 amide bonds. The molecular weight excluding hydrogens is 302 g/mol. The first-order chi connectivity index (χ1) is 11.3.